The van der Waals surface area contributed by atoms with Crippen LogP contribution in [-0.4, -0.2) is 55.1 Å². The van der Waals surface area contributed by atoms with Gasteiger partial charge in [-0.1, -0.05) is 78.7 Å². The molecule has 2 atom stereocenters. The summed E-state index contributed by atoms with van der Waals surface area (Å²) in [6, 6.07) is 22.1. The lowest BCUT2D eigenvalue weighted by molar-refractivity contribution is -0.141. The summed E-state index contributed by atoms with van der Waals surface area (Å²) in [5, 5.41) is 3.43. The normalized spacial score (nSPS) is 13.1. The third-order valence-corrected chi connectivity index (χ3v) is 8.69. The Morgan fingerprint density at radius 2 is 1.54 bits per heavy atom. The van der Waals surface area contributed by atoms with E-state index in [0.29, 0.717) is 5.02 Å². The van der Waals surface area contributed by atoms with Gasteiger partial charge in [0.25, 0.3) is 0 Å². The molecule has 0 aliphatic rings. The summed E-state index contributed by atoms with van der Waals surface area (Å²) in [4.78, 5) is 29.0. The predicted molar refractivity (Wildman–Crippen MR) is 155 cm³/mol. The smallest absolute Gasteiger partial charge is 0.243 e. The maximum Gasteiger partial charge on any atom is 0.243 e. The van der Waals surface area contributed by atoms with Gasteiger partial charge in [-0.2, -0.15) is 4.31 Å². The van der Waals surface area contributed by atoms with Crippen LogP contribution in [0.2, 0.25) is 5.02 Å². The molecule has 0 saturated carbocycles. The highest BCUT2D eigenvalue weighted by Gasteiger charge is 2.33. The molecule has 3 aromatic rings. The Kier molecular flexibility index (Phi) is 10.7. The van der Waals surface area contributed by atoms with Crippen molar-refractivity contribution in [2.75, 3.05) is 13.6 Å². The van der Waals surface area contributed by atoms with E-state index in [1.54, 1.807) is 0 Å². The van der Waals surface area contributed by atoms with Crippen molar-refractivity contribution in [2.45, 2.75) is 57.1 Å². The molecule has 0 unspecified atom stereocenters. The highest BCUT2D eigenvalue weighted by Crippen LogP contribution is 2.20. The molecule has 0 spiro atoms. The number of rotatable bonds is 12. The van der Waals surface area contributed by atoms with Gasteiger partial charge in [0.05, 0.1) is 11.4 Å². The molecule has 9 heteroatoms. The maximum absolute atomic E-state index is 13.9. The average Bonchev–Trinajstić information content (AvgIpc) is 2.92. The zero-order valence-electron chi connectivity index (χ0n) is 22.8. The van der Waals surface area contributed by atoms with E-state index in [1.807, 2.05) is 75.4 Å². The SMILES string of the molecule is CC[C@H](C)NC(=O)[C@H](Cc1ccccc1)N(Cc1ccc(C)cc1)C(=O)CN(C)S(=O)(=O)c1ccc(Cl)cc1. The second-order valence-corrected chi connectivity index (χ2v) is 12.2. The molecule has 0 fully saturated rings. The first kappa shape index (κ1) is 30.3. The number of sulfonamides is 1. The molecule has 0 radical (unpaired) electrons. The number of aryl methyl sites for hydroxylation is 1. The van der Waals surface area contributed by atoms with Gasteiger partial charge < -0.3 is 10.2 Å². The van der Waals surface area contributed by atoms with Crippen LogP contribution in [-0.2, 0) is 32.6 Å². The van der Waals surface area contributed by atoms with Crippen molar-refractivity contribution in [2.24, 2.45) is 0 Å². The number of carbonyl (C=O) groups is 2. The first-order valence-corrected chi connectivity index (χ1v) is 14.7. The number of benzene rings is 3. The van der Waals surface area contributed by atoms with Crippen LogP contribution in [0.25, 0.3) is 0 Å². The van der Waals surface area contributed by atoms with E-state index in [9.17, 15) is 18.0 Å². The second-order valence-electron chi connectivity index (χ2n) is 9.75. The second kappa shape index (κ2) is 13.7. The van der Waals surface area contributed by atoms with E-state index in [0.717, 1.165) is 27.4 Å². The van der Waals surface area contributed by atoms with Gasteiger partial charge in [-0.3, -0.25) is 9.59 Å². The molecular formula is C30H36ClN3O4S. The molecule has 0 aliphatic carbocycles. The Hall–Kier alpha value is -3.20. The number of hydrogen-bond donors (Lipinski definition) is 1. The van der Waals surface area contributed by atoms with Gasteiger partial charge in [0.1, 0.15) is 6.04 Å². The molecule has 0 heterocycles. The minimum atomic E-state index is -3.96. The van der Waals surface area contributed by atoms with Crippen LogP contribution in [0.1, 0.15) is 37.0 Å². The van der Waals surface area contributed by atoms with Crippen LogP contribution in [0.15, 0.2) is 83.8 Å². The molecule has 3 rings (SSSR count). The molecular weight excluding hydrogens is 534 g/mol. The van der Waals surface area contributed by atoms with Gasteiger partial charge in [-0.25, -0.2) is 8.42 Å². The fourth-order valence-corrected chi connectivity index (χ4v) is 5.28. The largest absolute Gasteiger partial charge is 0.352 e. The molecule has 3 aromatic carbocycles. The number of carbonyl (C=O) groups excluding carboxylic acids is 2. The van der Waals surface area contributed by atoms with E-state index in [-0.39, 0.29) is 29.8 Å². The minimum absolute atomic E-state index is 0.0302. The molecule has 7 nitrogen and oxygen atoms in total. The van der Waals surface area contributed by atoms with Gasteiger partial charge in [0.15, 0.2) is 0 Å². The monoisotopic (exact) mass is 569 g/mol. The van der Waals surface area contributed by atoms with E-state index in [4.69, 9.17) is 11.6 Å². The molecule has 208 valence electrons. The van der Waals surface area contributed by atoms with E-state index < -0.39 is 28.5 Å². The fraction of sp³-hybridized carbons (Fsp3) is 0.333. The number of nitrogens with zero attached hydrogens (tertiary/aromatic N) is 2. The highest BCUT2D eigenvalue weighted by molar-refractivity contribution is 7.89. The first-order valence-electron chi connectivity index (χ1n) is 12.9. The lowest BCUT2D eigenvalue weighted by atomic mass is 10.0. The maximum atomic E-state index is 13.9. The van der Waals surface area contributed by atoms with Gasteiger partial charge in [0, 0.05) is 31.1 Å². The minimum Gasteiger partial charge on any atom is -0.352 e. The zero-order valence-corrected chi connectivity index (χ0v) is 24.4. The predicted octanol–water partition coefficient (Wildman–Crippen LogP) is 4.82. The number of hydrogen-bond acceptors (Lipinski definition) is 4. The van der Waals surface area contributed by atoms with Crippen LogP contribution < -0.4 is 5.32 Å². The van der Waals surface area contributed by atoms with Crippen molar-refractivity contribution in [1.82, 2.24) is 14.5 Å². The molecule has 1 N–H and O–H groups in total. The average molecular weight is 570 g/mol. The molecule has 39 heavy (non-hydrogen) atoms. The van der Waals surface area contributed by atoms with Gasteiger partial charge in [-0.05, 0) is 55.7 Å². The van der Waals surface area contributed by atoms with Crippen molar-refractivity contribution in [3.63, 3.8) is 0 Å². The van der Waals surface area contributed by atoms with Gasteiger partial charge >= 0.3 is 0 Å². The topological polar surface area (TPSA) is 86.8 Å². The van der Waals surface area contributed by atoms with Crippen molar-refractivity contribution < 1.29 is 18.0 Å². The molecule has 2 amide bonds. The molecule has 0 aromatic heterocycles. The Morgan fingerprint density at radius 3 is 2.13 bits per heavy atom. The van der Waals surface area contributed by atoms with E-state index in [2.05, 4.69) is 5.32 Å². The number of halogens is 1. The van der Waals surface area contributed by atoms with Gasteiger partial charge in [-0.15, -0.1) is 0 Å². The Balaban J connectivity index is 1.97. The summed E-state index contributed by atoms with van der Waals surface area (Å²) in [7, 11) is -2.61. The standard InChI is InChI=1S/C30H36ClN3O4S/c1-5-23(3)32-30(36)28(19-24-9-7-6-8-10-24)34(20-25-13-11-22(2)12-14-25)29(35)21-33(4)39(37,38)27-17-15-26(31)16-18-27/h6-18,23,28H,5,19-21H2,1-4H3,(H,32,36)/t23-,28-/m0/s1. The van der Waals surface area contributed by atoms with Gasteiger partial charge in [0.2, 0.25) is 21.8 Å². The quantitative estimate of drug-likeness (QED) is 0.339. The van der Waals surface area contributed by atoms with Crippen molar-refractivity contribution in [1.29, 1.82) is 0 Å². The summed E-state index contributed by atoms with van der Waals surface area (Å²) in [6.07, 6.45) is 1.02. The van der Waals surface area contributed by atoms with Crippen LogP contribution in [0, 0.1) is 6.92 Å². The van der Waals surface area contributed by atoms with Crippen LogP contribution in [0.5, 0.6) is 0 Å². The summed E-state index contributed by atoms with van der Waals surface area (Å²) in [5.41, 5.74) is 2.80. The number of nitrogens with one attached hydrogen (secondary N) is 1. The first-order chi connectivity index (χ1) is 18.5. The summed E-state index contributed by atoms with van der Waals surface area (Å²) in [5.74, 6) is -0.757. The molecule has 0 saturated heterocycles. The van der Waals surface area contributed by atoms with E-state index >= 15 is 0 Å². The van der Waals surface area contributed by atoms with Crippen LogP contribution in [0.4, 0.5) is 0 Å². The van der Waals surface area contributed by atoms with E-state index in [1.165, 1.54) is 36.2 Å². The molecule has 0 bridgehead atoms. The summed E-state index contributed by atoms with van der Waals surface area (Å²) in [6.45, 7) is 5.58. The van der Waals surface area contributed by atoms with Crippen LogP contribution >= 0.6 is 11.6 Å². The fourth-order valence-electron chi connectivity index (χ4n) is 4.04. The van der Waals surface area contributed by atoms with Crippen molar-refractivity contribution in [3.8, 4) is 0 Å². The zero-order chi connectivity index (χ0) is 28.6. The number of amides is 2. The highest BCUT2D eigenvalue weighted by atomic mass is 35.5. The Morgan fingerprint density at radius 1 is 0.923 bits per heavy atom. The van der Waals surface area contributed by atoms with Crippen molar-refractivity contribution >= 4 is 33.4 Å². The lowest BCUT2D eigenvalue weighted by Crippen LogP contribution is -2.54. The summed E-state index contributed by atoms with van der Waals surface area (Å²) < 4.78 is 27.4. The summed E-state index contributed by atoms with van der Waals surface area (Å²) >= 11 is 5.92. The third kappa shape index (κ3) is 8.39. The number of likely N-dealkylation sites (N-methyl/N-ethyl adjacent to an activating group) is 1. The van der Waals surface area contributed by atoms with Crippen molar-refractivity contribution in [3.05, 3.63) is 101 Å². The third-order valence-electron chi connectivity index (χ3n) is 6.63. The Labute approximate surface area is 236 Å². The van der Waals surface area contributed by atoms with Crippen LogP contribution in [0.3, 0.4) is 0 Å². The lowest BCUT2D eigenvalue weighted by Gasteiger charge is -2.33. The Bertz CT molecular complexity index is 1350. The molecule has 0 aliphatic heterocycles.